The summed E-state index contributed by atoms with van der Waals surface area (Å²) in [7, 11) is 1.98. The standard InChI is InChI=1S/C29H34ClN7O2/c1-36-25(14-18-2-3-18)23(15-32-36)27-24(30)16-31-29(35-27)33-21-10-12-37(13-11-21)17-19-4-6-20(7-5-19)22-8-9-26(38)34-28(22)39/h4-7,15-16,18,21-22H,2-3,8-14,17H2,1H3,(H,31,33,35)(H,34,38,39). The third-order valence-electron chi connectivity index (χ3n) is 8.19. The molecule has 2 aliphatic heterocycles. The highest BCUT2D eigenvalue weighted by Gasteiger charge is 2.28. The molecule has 2 N–H and O–H groups in total. The molecular weight excluding hydrogens is 514 g/mol. The molecule has 1 aromatic carbocycles. The van der Waals surface area contributed by atoms with Crippen molar-refractivity contribution in [3.05, 3.63) is 58.5 Å². The highest BCUT2D eigenvalue weighted by atomic mass is 35.5. The molecule has 4 heterocycles. The lowest BCUT2D eigenvalue weighted by molar-refractivity contribution is -0.134. The molecule has 0 radical (unpaired) electrons. The molecule has 1 saturated carbocycles. The van der Waals surface area contributed by atoms with Crippen molar-refractivity contribution in [1.82, 2.24) is 30.0 Å². The third kappa shape index (κ3) is 5.99. The number of nitrogens with zero attached hydrogens (tertiary/aromatic N) is 5. The molecule has 2 amide bonds. The zero-order chi connectivity index (χ0) is 26.9. The van der Waals surface area contributed by atoms with Crippen molar-refractivity contribution >= 4 is 29.4 Å². The number of carbonyl (C=O) groups excluding carboxylic acids is 2. The molecule has 6 rings (SSSR count). The smallest absolute Gasteiger partial charge is 0.234 e. The van der Waals surface area contributed by atoms with Gasteiger partial charge < -0.3 is 5.32 Å². The van der Waals surface area contributed by atoms with Crippen LogP contribution in [0, 0.1) is 5.92 Å². The van der Waals surface area contributed by atoms with E-state index in [1.165, 1.54) is 24.1 Å². The minimum atomic E-state index is -0.239. The minimum Gasteiger partial charge on any atom is -0.351 e. The van der Waals surface area contributed by atoms with E-state index in [4.69, 9.17) is 16.6 Å². The van der Waals surface area contributed by atoms with Crippen LogP contribution in [0.5, 0.6) is 0 Å². The number of carbonyl (C=O) groups is 2. The molecule has 2 saturated heterocycles. The third-order valence-corrected chi connectivity index (χ3v) is 8.46. The summed E-state index contributed by atoms with van der Waals surface area (Å²) in [6.07, 6.45) is 10.1. The van der Waals surface area contributed by atoms with Crippen LogP contribution < -0.4 is 10.6 Å². The number of hydrogen-bond acceptors (Lipinski definition) is 7. The van der Waals surface area contributed by atoms with E-state index in [1.807, 2.05) is 30.1 Å². The van der Waals surface area contributed by atoms with Crippen LogP contribution in [0.4, 0.5) is 5.95 Å². The summed E-state index contributed by atoms with van der Waals surface area (Å²) in [5.74, 6) is 0.742. The minimum absolute atomic E-state index is 0.180. The topological polar surface area (TPSA) is 105 Å². The average molecular weight is 548 g/mol. The van der Waals surface area contributed by atoms with Gasteiger partial charge in [0.15, 0.2) is 0 Å². The maximum Gasteiger partial charge on any atom is 0.234 e. The Labute approximate surface area is 233 Å². The molecular formula is C29H34ClN7O2. The lowest BCUT2D eigenvalue weighted by Gasteiger charge is -2.32. The van der Waals surface area contributed by atoms with E-state index >= 15 is 0 Å². The number of imide groups is 1. The van der Waals surface area contributed by atoms with Crippen molar-refractivity contribution < 1.29 is 9.59 Å². The van der Waals surface area contributed by atoms with Crippen molar-refractivity contribution in [2.45, 2.75) is 63.5 Å². The molecule has 204 valence electrons. The van der Waals surface area contributed by atoms with Crippen molar-refractivity contribution in [1.29, 1.82) is 0 Å². The van der Waals surface area contributed by atoms with E-state index in [1.54, 1.807) is 6.20 Å². The fourth-order valence-electron chi connectivity index (χ4n) is 5.67. The Bertz CT molecular complexity index is 1360. The number of aromatic nitrogens is 4. The molecule has 9 nitrogen and oxygen atoms in total. The first kappa shape index (κ1) is 26.0. The van der Waals surface area contributed by atoms with Crippen LogP contribution in [0.3, 0.4) is 0 Å². The summed E-state index contributed by atoms with van der Waals surface area (Å²) in [5.41, 5.74) is 5.12. The maximum atomic E-state index is 12.2. The van der Waals surface area contributed by atoms with E-state index in [2.05, 4.69) is 37.7 Å². The molecule has 39 heavy (non-hydrogen) atoms. The van der Waals surface area contributed by atoms with E-state index in [9.17, 15) is 9.59 Å². The second kappa shape index (κ2) is 11.1. The van der Waals surface area contributed by atoms with Gasteiger partial charge in [-0.15, -0.1) is 0 Å². The highest BCUT2D eigenvalue weighted by molar-refractivity contribution is 6.33. The Morgan fingerprint density at radius 3 is 2.54 bits per heavy atom. The maximum absolute atomic E-state index is 12.2. The van der Waals surface area contributed by atoms with Crippen LogP contribution in [0.2, 0.25) is 5.02 Å². The second-order valence-corrected chi connectivity index (χ2v) is 11.5. The van der Waals surface area contributed by atoms with E-state index < -0.39 is 0 Å². The Morgan fingerprint density at radius 1 is 1.05 bits per heavy atom. The van der Waals surface area contributed by atoms with Crippen molar-refractivity contribution in [2.75, 3.05) is 18.4 Å². The average Bonchev–Trinajstić information content (AvgIpc) is 3.68. The van der Waals surface area contributed by atoms with Gasteiger partial charge in [-0.1, -0.05) is 35.9 Å². The van der Waals surface area contributed by atoms with Gasteiger partial charge in [0.25, 0.3) is 0 Å². The number of hydrogen-bond donors (Lipinski definition) is 2. The molecule has 1 aliphatic carbocycles. The van der Waals surface area contributed by atoms with Gasteiger partial charge in [0.05, 0.1) is 29.0 Å². The second-order valence-electron chi connectivity index (χ2n) is 11.1. The SMILES string of the molecule is Cn1ncc(-c2nc(NC3CCN(Cc4ccc(C5CCC(=O)NC5=O)cc4)CC3)ncc2Cl)c1CC1CC1. The number of benzene rings is 1. The van der Waals surface area contributed by atoms with Gasteiger partial charge in [0.1, 0.15) is 0 Å². The Hall–Kier alpha value is -3.30. The largest absolute Gasteiger partial charge is 0.351 e. The van der Waals surface area contributed by atoms with Gasteiger partial charge in [0.2, 0.25) is 17.8 Å². The monoisotopic (exact) mass is 547 g/mol. The lowest BCUT2D eigenvalue weighted by Crippen LogP contribution is -2.39. The number of rotatable bonds is 8. The molecule has 1 atom stereocenters. The summed E-state index contributed by atoms with van der Waals surface area (Å²) in [6, 6.07) is 8.55. The number of halogens is 1. The van der Waals surface area contributed by atoms with Gasteiger partial charge in [0, 0.05) is 50.4 Å². The highest BCUT2D eigenvalue weighted by Crippen LogP contribution is 2.37. The van der Waals surface area contributed by atoms with Crippen LogP contribution in [-0.4, -0.2) is 55.6 Å². The summed E-state index contributed by atoms with van der Waals surface area (Å²) in [5, 5.41) is 11.0. The first-order chi connectivity index (χ1) is 18.9. The molecule has 3 aromatic rings. The normalized spacial score (nSPS) is 20.7. The molecule has 0 bridgehead atoms. The first-order valence-electron chi connectivity index (χ1n) is 13.9. The molecule has 1 unspecified atom stereocenters. The van der Waals surface area contributed by atoms with Gasteiger partial charge in [-0.05, 0) is 55.6 Å². The molecule has 10 heteroatoms. The van der Waals surface area contributed by atoms with Crippen LogP contribution in [0.15, 0.2) is 36.7 Å². The Kier molecular flexibility index (Phi) is 7.36. The first-order valence-corrected chi connectivity index (χ1v) is 14.3. The fourth-order valence-corrected chi connectivity index (χ4v) is 5.86. The van der Waals surface area contributed by atoms with Crippen LogP contribution >= 0.6 is 11.6 Å². The molecule has 3 fully saturated rings. The summed E-state index contributed by atoms with van der Waals surface area (Å²) in [6.45, 7) is 2.82. The summed E-state index contributed by atoms with van der Waals surface area (Å²) >= 11 is 6.54. The number of nitrogens with one attached hydrogen (secondary N) is 2. The van der Waals surface area contributed by atoms with E-state index in [0.717, 1.165) is 61.6 Å². The number of anilines is 1. The van der Waals surface area contributed by atoms with Crippen LogP contribution in [-0.2, 0) is 29.6 Å². The zero-order valence-electron chi connectivity index (χ0n) is 22.2. The number of likely N-dealkylation sites (tertiary alicyclic amines) is 1. The number of piperidine rings is 2. The van der Waals surface area contributed by atoms with Gasteiger partial charge in [-0.3, -0.25) is 24.5 Å². The zero-order valence-corrected chi connectivity index (χ0v) is 23.0. The van der Waals surface area contributed by atoms with Gasteiger partial charge in [-0.25, -0.2) is 9.97 Å². The Balaban J connectivity index is 1.04. The van der Waals surface area contributed by atoms with Crippen molar-refractivity contribution in [3.8, 4) is 11.3 Å². The molecule has 3 aliphatic rings. The van der Waals surface area contributed by atoms with Crippen LogP contribution in [0.1, 0.15) is 61.3 Å². The van der Waals surface area contributed by atoms with Crippen LogP contribution in [0.25, 0.3) is 11.3 Å². The Morgan fingerprint density at radius 2 is 1.82 bits per heavy atom. The van der Waals surface area contributed by atoms with E-state index in [0.29, 0.717) is 29.9 Å². The molecule has 0 spiro atoms. The number of aryl methyl sites for hydroxylation is 1. The quantitative estimate of drug-likeness (QED) is 0.409. The van der Waals surface area contributed by atoms with E-state index in [-0.39, 0.29) is 17.7 Å². The predicted molar refractivity (Wildman–Crippen MR) is 149 cm³/mol. The molecule has 2 aromatic heterocycles. The van der Waals surface area contributed by atoms with Crippen molar-refractivity contribution in [2.24, 2.45) is 13.0 Å². The fraction of sp³-hybridized carbons (Fsp3) is 0.483. The number of amides is 2. The predicted octanol–water partition coefficient (Wildman–Crippen LogP) is 4.08. The van der Waals surface area contributed by atoms with Gasteiger partial charge in [-0.2, -0.15) is 5.10 Å². The summed E-state index contributed by atoms with van der Waals surface area (Å²) < 4.78 is 1.94. The lowest BCUT2D eigenvalue weighted by atomic mass is 9.90. The summed E-state index contributed by atoms with van der Waals surface area (Å²) in [4.78, 5) is 35.3. The van der Waals surface area contributed by atoms with Gasteiger partial charge >= 0.3 is 0 Å². The van der Waals surface area contributed by atoms with Crippen molar-refractivity contribution in [3.63, 3.8) is 0 Å².